The Labute approximate surface area is 166 Å². The molecule has 8 heteroatoms. The van der Waals surface area contributed by atoms with Crippen LogP contribution in [0.3, 0.4) is 0 Å². The number of thioether (sulfide) groups is 1. The van der Waals surface area contributed by atoms with Gasteiger partial charge in [-0.05, 0) is 43.3 Å². The van der Waals surface area contributed by atoms with Gasteiger partial charge in [0, 0.05) is 21.7 Å². The van der Waals surface area contributed by atoms with Crippen molar-refractivity contribution in [1.29, 1.82) is 0 Å². The third-order valence-corrected chi connectivity index (χ3v) is 5.20. The van der Waals surface area contributed by atoms with Crippen LogP contribution in [0.15, 0.2) is 52.0 Å². The van der Waals surface area contributed by atoms with E-state index < -0.39 is 17.9 Å². The van der Waals surface area contributed by atoms with Crippen molar-refractivity contribution in [2.45, 2.75) is 17.9 Å². The van der Waals surface area contributed by atoms with Crippen LogP contribution in [0, 0.1) is 6.92 Å². The maximum Gasteiger partial charge on any atom is 0.329 e. The smallest absolute Gasteiger partial charge is 0.329 e. The van der Waals surface area contributed by atoms with Crippen LogP contribution in [0.4, 0.5) is 0 Å². The molecular formula is C20H20N2O5S. The molecule has 0 radical (unpaired) electrons. The number of esters is 1. The minimum Gasteiger partial charge on any atom is -0.497 e. The van der Waals surface area contributed by atoms with Crippen LogP contribution < -0.4 is 10.1 Å². The Hall–Kier alpha value is -3.00. The van der Waals surface area contributed by atoms with Gasteiger partial charge in [0.25, 0.3) is 5.91 Å². The molecular weight excluding hydrogens is 380 g/mol. The van der Waals surface area contributed by atoms with E-state index in [2.05, 4.69) is 10.3 Å². The maximum atomic E-state index is 12.2. The van der Waals surface area contributed by atoms with Crippen LogP contribution >= 0.6 is 11.8 Å². The summed E-state index contributed by atoms with van der Waals surface area (Å²) in [4.78, 5) is 29.9. The summed E-state index contributed by atoms with van der Waals surface area (Å²) in [7, 11) is 2.89. The van der Waals surface area contributed by atoms with Gasteiger partial charge in [0.1, 0.15) is 11.8 Å². The number of furan rings is 1. The summed E-state index contributed by atoms with van der Waals surface area (Å²) in [6.07, 6.45) is 1.40. The summed E-state index contributed by atoms with van der Waals surface area (Å²) >= 11 is 1.43. The predicted molar refractivity (Wildman–Crippen MR) is 106 cm³/mol. The van der Waals surface area contributed by atoms with Crippen molar-refractivity contribution >= 4 is 34.5 Å². The molecule has 2 aromatic heterocycles. The molecule has 2 heterocycles. The van der Waals surface area contributed by atoms with Crippen molar-refractivity contribution in [3.63, 3.8) is 0 Å². The first-order chi connectivity index (χ1) is 13.5. The van der Waals surface area contributed by atoms with E-state index in [9.17, 15) is 9.59 Å². The highest BCUT2D eigenvalue weighted by Crippen LogP contribution is 2.31. The first-order valence-corrected chi connectivity index (χ1v) is 9.50. The molecule has 1 N–H and O–H groups in total. The molecule has 7 nitrogen and oxygen atoms in total. The molecule has 0 bridgehead atoms. The molecule has 0 spiro atoms. The molecule has 0 unspecified atom stereocenters. The number of fused-ring (bicyclic) bond motifs is 1. The van der Waals surface area contributed by atoms with Crippen LogP contribution in [0.5, 0.6) is 5.75 Å². The quantitative estimate of drug-likeness (QED) is 0.481. The van der Waals surface area contributed by atoms with Crippen molar-refractivity contribution in [3.05, 3.63) is 54.1 Å². The lowest BCUT2D eigenvalue weighted by Gasteiger charge is -2.16. The number of aryl methyl sites for hydroxylation is 1. The third kappa shape index (κ3) is 4.45. The van der Waals surface area contributed by atoms with Gasteiger partial charge < -0.3 is 19.2 Å². The number of methoxy groups -OCH3 is 2. The second kappa shape index (κ2) is 8.79. The lowest BCUT2D eigenvalue weighted by molar-refractivity contribution is -0.142. The predicted octanol–water partition coefficient (Wildman–Crippen LogP) is 3.21. The molecule has 1 amide bonds. The van der Waals surface area contributed by atoms with E-state index in [1.165, 1.54) is 31.2 Å². The molecule has 3 rings (SSSR count). The van der Waals surface area contributed by atoms with Gasteiger partial charge in [0.2, 0.25) is 0 Å². The number of amides is 1. The van der Waals surface area contributed by atoms with Gasteiger partial charge in [-0.3, -0.25) is 9.78 Å². The molecule has 3 aromatic rings. The number of rotatable bonds is 7. The SMILES string of the molecule is COC(=O)[C@@H](CSc1cc(C)nc2ccc(OC)cc12)NC(=O)c1ccco1. The molecule has 1 aromatic carbocycles. The van der Waals surface area contributed by atoms with E-state index in [0.717, 1.165) is 27.2 Å². The van der Waals surface area contributed by atoms with Crippen LogP contribution in [0.1, 0.15) is 16.2 Å². The number of hydrogen-bond donors (Lipinski definition) is 1. The van der Waals surface area contributed by atoms with Crippen molar-refractivity contribution in [2.75, 3.05) is 20.0 Å². The maximum absolute atomic E-state index is 12.2. The first kappa shape index (κ1) is 19.8. The normalized spacial score (nSPS) is 11.8. The second-order valence-electron chi connectivity index (χ2n) is 5.98. The van der Waals surface area contributed by atoms with Crippen molar-refractivity contribution in [3.8, 4) is 5.75 Å². The van der Waals surface area contributed by atoms with Crippen molar-refractivity contribution < 1.29 is 23.5 Å². The Morgan fingerprint density at radius 3 is 2.75 bits per heavy atom. The summed E-state index contributed by atoms with van der Waals surface area (Å²) in [5.41, 5.74) is 1.69. The number of nitrogens with one attached hydrogen (secondary N) is 1. The van der Waals surface area contributed by atoms with E-state index in [-0.39, 0.29) is 11.5 Å². The number of carbonyl (C=O) groups excluding carboxylic acids is 2. The Bertz CT molecular complexity index is 988. The van der Waals surface area contributed by atoms with Gasteiger partial charge in [-0.25, -0.2) is 4.79 Å². The highest BCUT2D eigenvalue weighted by Gasteiger charge is 2.24. The minimum absolute atomic E-state index is 0.133. The summed E-state index contributed by atoms with van der Waals surface area (Å²) in [5, 5.41) is 3.57. The van der Waals surface area contributed by atoms with E-state index in [1.54, 1.807) is 13.2 Å². The average molecular weight is 400 g/mol. The largest absolute Gasteiger partial charge is 0.497 e. The minimum atomic E-state index is -0.832. The van der Waals surface area contributed by atoms with Gasteiger partial charge >= 0.3 is 5.97 Å². The van der Waals surface area contributed by atoms with Crippen LogP contribution in [-0.4, -0.2) is 42.9 Å². The zero-order valence-corrected chi connectivity index (χ0v) is 16.5. The summed E-state index contributed by atoms with van der Waals surface area (Å²) < 4.78 is 15.2. The Morgan fingerprint density at radius 2 is 2.07 bits per heavy atom. The molecule has 28 heavy (non-hydrogen) atoms. The van der Waals surface area contributed by atoms with Gasteiger partial charge in [0.15, 0.2) is 5.76 Å². The number of ether oxygens (including phenoxy) is 2. The molecule has 0 saturated carbocycles. The summed E-state index contributed by atoms with van der Waals surface area (Å²) in [6.45, 7) is 1.91. The number of pyridine rings is 1. The standard InChI is InChI=1S/C20H20N2O5S/c1-12-9-18(14-10-13(25-2)6-7-15(14)21-12)28-11-16(20(24)26-3)22-19(23)17-5-4-8-27-17/h4-10,16H,11H2,1-3H3,(H,22,23)/t16-/m1/s1. The van der Waals surface area contributed by atoms with E-state index in [0.29, 0.717) is 0 Å². The Kier molecular flexibility index (Phi) is 6.20. The lowest BCUT2D eigenvalue weighted by atomic mass is 10.2. The van der Waals surface area contributed by atoms with Crippen molar-refractivity contribution in [1.82, 2.24) is 10.3 Å². The molecule has 0 saturated heterocycles. The zero-order valence-electron chi connectivity index (χ0n) is 15.7. The molecule has 0 aliphatic rings. The van der Waals surface area contributed by atoms with Crippen LogP contribution in [0.2, 0.25) is 0 Å². The molecule has 146 valence electrons. The summed E-state index contributed by atoms with van der Waals surface area (Å²) in [6, 6.07) is 9.89. The van der Waals surface area contributed by atoms with E-state index in [4.69, 9.17) is 13.9 Å². The van der Waals surface area contributed by atoms with Gasteiger partial charge in [-0.1, -0.05) is 0 Å². The fourth-order valence-corrected chi connectivity index (χ4v) is 3.81. The number of carbonyl (C=O) groups is 2. The molecule has 0 aliphatic carbocycles. The number of aromatic nitrogens is 1. The fraction of sp³-hybridized carbons (Fsp3) is 0.250. The topological polar surface area (TPSA) is 90.7 Å². The second-order valence-corrected chi connectivity index (χ2v) is 7.04. The third-order valence-electron chi connectivity index (χ3n) is 4.05. The zero-order chi connectivity index (χ0) is 20.1. The molecule has 0 aliphatic heterocycles. The highest BCUT2D eigenvalue weighted by atomic mass is 32.2. The summed E-state index contributed by atoms with van der Waals surface area (Å²) in [5.74, 6) is 0.137. The van der Waals surface area contributed by atoms with E-state index >= 15 is 0 Å². The van der Waals surface area contributed by atoms with Crippen molar-refractivity contribution in [2.24, 2.45) is 0 Å². The number of benzene rings is 1. The molecule has 1 atom stereocenters. The highest BCUT2D eigenvalue weighted by molar-refractivity contribution is 7.99. The van der Waals surface area contributed by atoms with Crippen LogP contribution in [-0.2, 0) is 9.53 Å². The molecule has 0 fully saturated rings. The van der Waals surface area contributed by atoms with Gasteiger partial charge in [0.05, 0.1) is 26.0 Å². The van der Waals surface area contributed by atoms with Crippen LogP contribution in [0.25, 0.3) is 10.9 Å². The van der Waals surface area contributed by atoms with Gasteiger partial charge in [-0.2, -0.15) is 0 Å². The average Bonchev–Trinajstić information content (AvgIpc) is 3.24. The lowest BCUT2D eigenvalue weighted by Crippen LogP contribution is -2.43. The Balaban J connectivity index is 1.82. The monoisotopic (exact) mass is 400 g/mol. The fourth-order valence-electron chi connectivity index (χ4n) is 2.67. The number of hydrogen-bond acceptors (Lipinski definition) is 7. The van der Waals surface area contributed by atoms with Gasteiger partial charge in [-0.15, -0.1) is 11.8 Å². The van der Waals surface area contributed by atoms with E-state index in [1.807, 2.05) is 31.2 Å². The Morgan fingerprint density at radius 1 is 1.25 bits per heavy atom. The first-order valence-electron chi connectivity index (χ1n) is 8.52. The number of nitrogens with zero attached hydrogens (tertiary/aromatic N) is 1.